The Morgan fingerprint density at radius 1 is 1.30 bits per heavy atom. The monoisotopic (exact) mass is 319 g/mol. The van der Waals surface area contributed by atoms with E-state index in [2.05, 4.69) is 18.3 Å². The summed E-state index contributed by atoms with van der Waals surface area (Å²) in [6, 6.07) is 0. The van der Waals surface area contributed by atoms with Crippen molar-refractivity contribution in [3.05, 3.63) is 35.9 Å². The standard InChI is InChI=1S/C18H30BNO3/c1-4-5-6-7-8-17(21)20-14-18(3)12-11-15(2)9-10-16(13-18)19(22)23/h9-13,15,22-23H,4-8,14H2,1-3H3,(H,20,21)/b10-9-,12-11-,16-13+. The zero-order chi connectivity index (χ0) is 17.3. The van der Waals surface area contributed by atoms with E-state index in [0.29, 0.717) is 18.4 Å². The van der Waals surface area contributed by atoms with Crippen LogP contribution in [0.5, 0.6) is 0 Å². The minimum atomic E-state index is -1.51. The summed E-state index contributed by atoms with van der Waals surface area (Å²) < 4.78 is 0. The Bertz CT molecular complexity index is 471. The molecule has 0 aliphatic heterocycles. The molecule has 5 heteroatoms. The summed E-state index contributed by atoms with van der Waals surface area (Å²) >= 11 is 0. The predicted octanol–water partition coefficient (Wildman–Crippen LogP) is 2.78. The van der Waals surface area contributed by atoms with Gasteiger partial charge >= 0.3 is 7.12 Å². The molecular formula is C18H30BNO3. The van der Waals surface area contributed by atoms with Gasteiger partial charge in [0.15, 0.2) is 0 Å². The summed E-state index contributed by atoms with van der Waals surface area (Å²) in [5.41, 5.74) is 0.0258. The first-order valence-electron chi connectivity index (χ1n) is 8.59. The Labute approximate surface area is 140 Å². The van der Waals surface area contributed by atoms with Crippen molar-refractivity contribution in [2.24, 2.45) is 11.3 Å². The number of amides is 1. The van der Waals surface area contributed by atoms with Crippen LogP contribution in [0.25, 0.3) is 0 Å². The van der Waals surface area contributed by atoms with Gasteiger partial charge in [0.2, 0.25) is 5.91 Å². The Morgan fingerprint density at radius 3 is 2.70 bits per heavy atom. The minimum Gasteiger partial charge on any atom is -0.423 e. The molecule has 0 fully saturated rings. The molecule has 1 amide bonds. The second-order valence-corrected chi connectivity index (χ2v) is 6.69. The number of allylic oxidation sites excluding steroid dienone is 4. The van der Waals surface area contributed by atoms with Crippen molar-refractivity contribution >= 4 is 13.0 Å². The lowest BCUT2D eigenvalue weighted by atomic mass is 9.72. The van der Waals surface area contributed by atoms with Crippen molar-refractivity contribution in [1.29, 1.82) is 0 Å². The second-order valence-electron chi connectivity index (χ2n) is 6.69. The van der Waals surface area contributed by atoms with Gasteiger partial charge in [-0.2, -0.15) is 0 Å². The predicted molar refractivity (Wildman–Crippen MR) is 95.6 cm³/mol. The molecule has 0 bridgehead atoms. The van der Waals surface area contributed by atoms with Gasteiger partial charge in [0.1, 0.15) is 0 Å². The molecule has 2 unspecified atom stereocenters. The SMILES string of the molecule is CCCCCCC(=O)NCC1(C)/C=C\C(C)/C=C\C(B(O)O)=C/1. The number of hydrogen-bond acceptors (Lipinski definition) is 3. The third-order valence-corrected chi connectivity index (χ3v) is 4.09. The molecule has 23 heavy (non-hydrogen) atoms. The summed E-state index contributed by atoms with van der Waals surface area (Å²) in [6.45, 7) is 6.62. The van der Waals surface area contributed by atoms with E-state index in [0.717, 1.165) is 19.3 Å². The molecule has 128 valence electrons. The van der Waals surface area contributed by atoms with E-state index >= 15 is 0 Å². The number of hydrogen-bond donors (Lipinski definition) is 3. The summed E-state index contributed by atoms with van der Waals surface area (Å²) in [7, 11) is -1.51. The van der Waals surface area contributed by atoms with E-state index in [1.165, 1.54) is 6.42 Å². The highest BCUT2D eigenvalue weighted by molar-refractivity contribution is 6.51. The van der Waals surface area contributed by atoms with Crippen LogP contribution in [0.15, 0.2) is 35.9 Å². The maximum Gasteiger partial charge on any atom is 0.488 e. The molecule has 0 saturated heterocycles. The molecule has 0 aromatic carbocycles. The van der Waals surface area contributed by atoms with Crippen LogP contribution in [-0.4, -0.2) is 29.6 Å². The lowest BCUT2D eigenvalue weighted by Gasteiger charge is -2.25. The zero-order valence-electron chi connectivity index (χ0n) is 14.6. The molecule has 2 atom stereocenters. The fourth-order valence-electron chi connectivity index (χ4n) is 2.54. The van der Waals surface area contributed by atoms with Crippen LogP contribution in [0, 0.1) is 11.3 Å². The van der Waals surface area contributed by atoms with Crippen molar-refractivity contribution in [2.45, 2.75) is 52.9 Å². The molecule has 1 aliphatic rings. The van der Waals surface area contributed by atoms with Gasteiger partial charge in [0, 0.05) is 18.4 Å². The van der Waals surface area contributed by atoms with Crippen LogP contribution in [0.3, 0.4) is 0 Å². The molecule has 0 radical (unpaired) electrons. The normalized spacial score (nSPS) is 28.9. The second kappa shape index (κ2) is 9.73. The van der Waals surface area contributed by atoms with Crippen molar-refractivity contribution in [1.82, 2.24) is 5.32 Å². The van der Waals surface area contributed by atoms with Crippen LogP contribution in [0.4, 0.5) is 0 Å². The fraction of sp³-hybridized carbons (Fsp3) is 0.611. The Morgan fingerprint density at radius 2 is 2.04 bits per heavy atom. The highest BCUT2D eigenvalue weighted by atomic mass is 16.4. The largest absolute Gasteiger partial charge is 0.488 e. The van der Waals surface area contributed by atoms with Gasteiger partial charge in [0.05, 0.1) is 0 Å². The van der Waals surface area contributed by atoms with Crippen LogP contribution in [0.1, 0.15) is 52.9 Å². The number of unbranched alkanes of at least 4 members (excludes halogenated alkanes) is 3. The van der Waals surface area contributed by atoms with Gasteiger partial charge in [-0.15, -0.1) is 0 Å². The van der Waals surface area contributed by atoms with E-state index < -0.39 is 12.5 Å². The van der Waals surface area contributed by atoms with Gasteiger partial charge in [-0.25, -0.2) is 0 Å². The van der Waals surface area contributed by atoms with E-state index in [1.54, 1.807) is 6.08 Å². The number of rotatable bonds is 8. The Kier molecular flexibility index (Phi) is 8.35. The van der Waals surface area contributed by atoms with Crippen molar-refractivity contribution < 1.29 is 14.8 Å². The molecule has 0 aromatic heterocycles. The van der Waals surface area contributed by atoms with E-state index in [9.17, 15) is 14.8 Å². The molecule has 0 heterocycles. The first-order valence-corrected chi connectivity index (χ1v) is 8.59. The Balaban J connectivity index is 2.65. The minimum absolute atomic E-state index is 0.0564. The molecular weight excluding hydrogens is 289 g/mol. The van der Waals surface area contributed by atoms with E-state index in [1.807, 2.05) is 32.1 Å². The molecule has 4 nitrogen and oxygen atoms in total. The third-order valence-electron chi connectivity index (χ3n) is 4.09. The number of carbonyl (C=O) groups is 1. The summed E-state index contributed by atoms with van der Waals surface area (Å²) in [4.78, 5) is 12.0. The fourth-order valence-corrected chi connectivity index (χ4v) is 2.54. The first kappa shape index (κ1) is 19.7. The lowest BCUT2D eigenvalue weighted by Crippen LogP contribution is -2.34. The number of nitrogens with one attached hydrogen (secondary N) is 1. The van der Waals surface area contributed by atoms with Crippen LogP contribution >= 0.6 is 0 Å². The lowest BCUT2D eigenvalue weighted by molar-refractivity contribution is -0.121. The van der Waals surface area contributed by atoms with E-state index in [-0.39, 0.29) is 11.8 Å². The molecule has 3 N–H and O–H groups in total. The molecule has 0 aromatic rings. The maximum atomic E-state index is 12.0. The topological polar surface area (TPSA) is 69.6 Å². The van der Waals surface area contributed by atoms with Gasteiger partial charge < -0.3 is 15.4 Å². The quantitative estimate of drug-likeness (QED) is 0.366. The average Bonchev–Trinajstić information content (AvgIpc) is 2.50. The van der Waals surface area contributed by atoms with Gasteiger partial charge in [-0.3, -0.25) is 4.79 Å². The molecule has 1 aliphatic carbocycles. The highest BCUT2D eigenvalue weighted by Crippen LogP contribution is 2.26. The number of carbonyl (C=O) groups excluding carboxylic acids is 1. The molecule has 0 spiro atoms. The molecule has 1 rings (SSSR count). The zero-order valence-corrected chi connectivity index (χ0v) is 14.6. The summed E-state index contributed by atoms with van der Waals surface area (Å²) in [5.74, 6) is 0.266. The first-order chi connectivity index (χ1) is 10.9. The van der Waals surface area contributed by atoms with Crippen molar-refractivity contribution in [2.75, 3.05) is 6.54 Å². The smallest absolute Gasteiger partial charge is 0.423 e. The molecule has 0 saturated carbocycles. The van der Waals surface area contributed by atoms with Crippen LogP contribution in [0.2, 0.25) is 0 Å². The van der Waals surface area contributed by atoms with Crippen LogP contribution in [-0.2, 0) is 4.79 Å². The summed E-state index contributed by atoms with van der Waals surface area (Å²) in [6.07, 6.45) is 14.5. The van der Waals surface area contributed by atoms with Gasteiger partial charge in [-0.05, 0) is 17.8 Å². The average molecular weight is 319 g/mol. The third kappa shape index (κ3) is 7.66. The van der Waals surface area contributed by atoms with Crippen molar-refractivity contribution in [3.8, 4) is 0 Å². The summed E-state index contributed by atoms with van der Waals surface area (Å²) in [5, 5.41) is 21.9. The Hall–Kier alpha value is -1.33. The van der Waals surface area contributed by atoms with Gasteiger partial charge in [0.25, 0.3) is 0 Å². The highest BCUT2D eigenvalue weighted by Gasteiger charge is 2.24. The van der Waals surface area contributed by atoms with Crippen LogP contribution < -0.4 is 5.32 Å². The van der Waals surface area contributed by atoms with E-state index in [4.69, 9.17) is 0 Å². The maximum absolute atomic E-state index is 12.0. The van der Waals surface area contributed by atoms with Crippen molar-refractivity contribution in [3.63, 3.8) is 0 Å². The van der Waals surface area contributed by atoms with Gasteiger partial charge in [-0.1, -0.05) is 70.4 Å².